The van der Waals surface area contributed by atoms with E-state index in [-0.39, 0.29) is 23.8 Å². The van der Waals surface area contributed by atoms with Crippen molar-refractivity contribution in [3.8, 4) is 5.75 Å². The van der Waals surface area contributed by atoms with Gasteiger partial charge < -0.3 is 23.8 Å². The summed E-state index contributed by atoms with van der Waals surface area (Å²) in [5.74, 6) is 0.764. The van der Waals surface area contributed by atoms with Crippen molar-refractivity contribution in [2.24, 2.45) is 5.41 Å². The molecule has 0 unspecified atom stereocenters. The topological polar surface area (TPSA) is 64.0 Å². The minimum atomic E-state index is -0.409. The average Bonchev–Trinajstić information content (AvgIpc) is 3.21. The SMILES string of the molecule is COCCCN(CC(=O)N(Cc1cccn1Cc1cccc(OC)c1)C(C)(C)C)C(=O)CC(C)(C)C. The number of benzene rings is 1. The molecule has 1 heterocycles. The summed E-state index contributed by atoms with van der Waals surface area (Å²) in [5, 5.41) is 0. The molecule has 0 spiro atoms. The summed E-state index contributed by atoms with van der Waals surface area (Å²) in [6.45, 7) is 14.5. The number of hydrogen-bond donors (Lipinski definition) is 0. The van der Waals surface area contributed by atoms with Crippen molar-refractivity contribution >= 4 is 11.8 Å². The van der Waals surface area contributed by atoms with Gasteiger partial charge in [-0.3, -0.25) is 9.59 Å². The third kappa shape index (κ3) is 9.34. The quantitative estimate of drug-likeness (QED) is 0.387. The summed E-state index contributed by atoms with van der Waals surface area (Å²) in [5.41, 5.74) is 1.60. The molecule has 200 valence electrons. The molecule has 2 aromatic rings. The van der Waals surface area contributed by atoms with E-state index < -0.39 is 5.54 Å². The van der Waals surface area contributed by atoms with Gasteiger partial charge in [-0.2, -0.15) is 0 Å². The molecule has 0 aliphatic carbocycles. The van der Waals surface area contributed by atoms with Crippen LogP contribution in [0.3, 0.4) is 0 Å². The number of ether oxygens (including phenoxy) is 2. The van der Waals surface area contributed by atoms with Crippen LogP contribution in [-0.2, 0) is 27.4 Å². The summed E-state index contributed by atoms with van der Waals surface area (Å²) < 4.78 is 12.7. The molecular weight excluding hydrogens is 454 g/mol. The van der Waals surface area contributed by atoms with Gasteiger partial charge in [-0.1, -0.05) is 32.9 Å². The van der Waals surface area contributed by atoms with E-state index >= 15 is 0 Å². The highest BCUT2D eigenvalue weighted by Gasteiger charge is 2.30. The molecule has 0 saturated heterocycles. The van der Waals surface area contributed by atoms with Gasteiger partial charge in [0.05, 0.1) is 20.2 Å². The zero-order chi connectivity index (χ0) is 26.9. The van der Waals surface area contributed by atoms with E-state index in [4.69, 9.17) is 9.47 Å². The smallest absolute Gasteiger partial charge is 0.242 e. The fourth-order valence-electron chi connectivity index (χ4n) is 4.08. The molecular formula is C29H45N3O4. The van der Waals surface area contributed by atoms with Crippen LogP contribution in [0.2, 0.25) is 0 Å². The molecule has 7 heteroatoms. The number of aromatic nitrogens is 1. The van der Waals surface area contributed by atoms with Gasteiger partial charge in [0.2, 0.25) is 11.8 Å². The highest BCUT2D eigenvalue weighted by Crippen LogP contribution is 2.23. The summed E-state index contributed by atoms with van der Waals surface area (Å²) in [6.07, 6.45) is 3.12. The maximum absolute atomic E-state index is 13.7. The van der Waals surface area contributed by atoms with E-state index in [1.807, 2.05) is 83.0 Å². The number of carbonyl (C=O) groups excluding carboxylic acids is 2. The van der Waals surface area contributed by atoms with Crippen LogP contribution in [0.4, 0.5) is 0 Å². The molecule has 0 aliphatic heterocycles. The van der Waals surface area contributed by atoms with Crippen LogP contribution in [0.15, 0.2) is 42.6 Å². The summed E-state index contributed by atoms with van der Waals surface area (Å²) in [7, 11) is 3.31. The second kappa shape index (κ2) is 12.9. The lowest BCUT2D eigenvalue weighted by Gasteiger charge is -2.38. The fraction of sp³-hybridized carbons (Fsp3) is 0.586. The maximum Gasteiger partial charge on any atom is 0.242 e. The standard InChI is InChI=1S/C29H45N3O4/c1-28(2,3)19-26(33)31(16-11-17-35-7)22-27(34)32(29(4,5)6)21-24-13-10-15-30(24)20-23-12-9-14-25(18-23)36-8/h9-10,12-15,18H,11,16-17,19-22H2,1-8H3. The van der Waals surface area contributed by atoms with Gasteiger partial charge in [0.15, 0.2) is 0 Å². The second-order valence-corrected chi connectivity index (χ2v) is 11.5. The third-order valence-corrected chi connectivity index (χ3v) is 5.98. The van der Waals surface area contributed by atoms with E-state index in [0.29, 0.717) is 39.1 Å². The monoisotopic (exact) mass is 499 g/mol. The van der Waals surface area contributed by atoms with Gasteiger partial charge in [0.1, 0.15) is 5.75 Å². The summed E-state index contributed by atoms with van der Waals surface area (Å²) in [4.78, 5) is 30.3. The Morgan fingerprint density at radius 3 is 2.31 bits per heavy atom. The molecule has 7 nitrogen and oxygen atoms in total. The lowest BCUT2D eigenvalue weighted by atomic mass is 9.91. The van der Waals surface area contributed by atoms with E-state index in [2.05, 4.69) is 10.6 Å². The van der Waals surface area contributed by atoms with Gasteiger partial charge in [-0.15, -0.1) is 0 Å². The normalized spacial score (nSPS) is 11.9. The molecule has 1 aromatic heterocycles. The summed E-state index contributed by atoms with van der Waals surface area (Å²) >= 11 is 0. The van der Waals surface area contributed by atoms with E-state index in [0.717, 1.165) is 17.0 Å². The molecule has 2 amide bonds. The van der Waals surface area contributed by atoms with Gasteiger partial charge in [0.25, 0.3) is 0 Å². The minimum Gasteiger partial charge on any atom is -0.497 e. The molecule has 0 atom stereocenters. The predicted molar refractivity (Wildman–Crippen MR) is 144 cm³/mol. The lowest BCUT2D eigenvalue weighted by molar-refractivity contribution is -0.145. The first kappa shape index (κ1) is 29.4. The molecule has 0 radical (unpaired) electrons. The van der Waals surface area contributed by atoms with E-state index in [1.54, 1.807) is 19.1 Å². The number of rotatable bonds is 12. The number of carbonyl (C=O) groups is 2. The molecule has 0 saturated carbocycles. The average molecular weight is 500 g/mol. The Morgan fingerprint density at radius 2 is 1.69 bits per heavy atom. The van der Waals surface area contributed by atoms with Crippen LogP contribution in [-0.4, -0.2) is 65.6 Å². The van der Waals surface area contributed by atoms with Crippen molar-refractivity contribution in [2.75, 3.05) is 33.9 Å². The Hall–Kier alpha value is -2.80. The number of hydrogen-bond acceptors (Lipinski definition) is 4. The Labute approximate surface area is 217 Å². The Bertz CT molecular complexity index is 985. The highest BCUT2D eigenvalue weighted by molar-refractivity contribution is 5.85. The molecule has 0 fully saturated rings. The molecule has 0 aliphatic rings. The van der Waals surface area contributed by atoms with Crippen LogP contribution >= 0.6 is 0 Å². The van der Waals surface area contributed by atoms with Crippen LogP contribution in [0.5, 0.6) is 5.75 Å². The predicted octanol–water partition coefficient (Wildman–Crippen LogP) is 4.97. The van der Waals surface area contributed by atoms with Crippen molar-refractivity contribution in [1.29, 1.82) is 0 Å². The minimum absolute atomic E-state index is 0.00205. The molecule has 0 bridgehead atoms. The molecule has 36 heavy (non-hydrogen) atoms. The van der Waals surface area contributed by atoms with Crippen LogP contribution < -0.4 is 4.74 Å². The fourth-order valence-corrected chi connectivity index (χ4v) is 4.08. The lowest BCUT2D eigenvalue weighted by Crippen LogP contribution is -2.50. The van der Waals surface area contributed by atoms with Gasteiger partial charge in [0, 0.05) is 50.7 Å². The van der Waals surface area contributed by atoms with Crippen molar-refractivity contribution in [2.45, 2.75) is 73.0 Å². The largest absolute Gasteiger partial charge is 0.497 e. The van der Waals surface area contributed by atoms with Crippen molar-refractivity contribution < 1.29 is 19.1 Å². The first-order valence-corrected chi connectivity index (χ1v) is 12.7. The Kier molecular flexibility index (Phi) is 10.6. The van der Waals surface area contributed by atoms with Crippen molar-refractivity contribution in [1.82, 2.24) is 14.4 Å². The number of methoxy groups -OCH3 is 2. The number of nitrogens with zero attached hydrogens (tertiary/aromatic N) is 3. The first-order valence-electron chi connectivity index (χ1n) is 12.7. The highest BCUT2D eigenvalue weighted by atomic mass is 16.5. The van der Waals surface area contributed by atoms with Gasteiger partial charge >= 0.3 is 0 Å². The molecule has 2 rings (SSSR count). The van der Waals surface area contributed by atoms with E-state index in [1.165, 1.54) is 0 Å². The number of amides is 2. The van der Waals surface area contributed by atoms with Crippen molar-refractivity contribution in [3.63, 3.8) is 0 Å². The van der Waals surface area contributed by atoms with Crippen LogP contribution in [0.25, 0.3) is 0 Å². The van der Waals surface area contributed by atoms with Crippen LogP contribution in [0.1, 0.15) is 65.6 Å². The van der Waals surface area contributed by atoms with Crippen LogP contribution in [0, 0.1) is 5.41 Å². The molecule has 0 N–H and O–H groups in total. The Balaban J connectivity index is 2.22. The molecule has 1 aromatic carbocycles. The van der Waals surface area contributed by atoms with Gasteiger partial charge in [-0.05, 0) is 62.4 Å². The zero-order valence-electron chi connectivity index (χ0n) is 23.5. The van der Waals surface area contributed by atoms with Crippen molar-refractivity contribution in [3.05, 3.63) is 53.9 Å². The first-order chi connectivity index (χ1) is 16.8. The zero-order valence-corrected chi connectivity index (χ0v) is 23.5. The summed E-state index contributed by atoms with van der Waals surface area (Å²) in [6, 6.07) is 12.1. The Morgan fingerprint density at radius 1 is 0.972 bits per heavy atom. The third-order valence-electron chi connectivity index (χ3n) is 5.98. The second-order valence-electron chi connectivity index (χ2n) is 11.5. The maximum atomic E-state index is 13.7. The van der Waals surface area contributed by atoms with E-state index in [9.17, 15) is 9.59 Å². The van der Waals surface area contributed by atoms with Gasteiger partial charge in [-0.25, -0.2) is 0 Å².